The van der Waals surface area contributed by atoms with Crippen LogP contribution in [-0.2, 0) is 16.2 Å². The number of Topliss-reactive ketones (excluding diaryl/α,β-unsaturated/α-hetero) is 1. The molecule has 0 aromatic heterocycles. The van der Waals surface area contributed by atoms with Gasteiger partial charge < -0.3 is 24.8 Å². The number of methoxy groups -OCH3 is 2. The van der Waals surface area contributed by atoms with Gasteiger partial charge in [0.1, 0.15) is 12.4 Å². The highest BCUT2D eigenvalue weighted by Crippen LogP contribution is 2.48. The molecule has 1 aliphatic carbocycles. The zero-order valence-electron chi connectivity index (χ0n) is 24.2. The van der Waals surface area contributed by atoms with Crippen molar-refractivity contribution in [1.82, 2.24) is 5.32 Å². The van der Waals surface area contributed by atoms with E-state index in [1.54, 1.807) is 26.4 Å². The molecule has 1 amide bonds. The molecule has 2 N–H and O–H groups in total. The molecule has 0 fully saturated rings. The lowest BCUT2D eigenvalue weighted by Crippen LogP contribution is -2.39. The van der Waals surface area contributed by atoms with Crippen molar-refractivity contribution in [2.75, 3.05) is 19.5 Å². The number of anilines is 1. The summed E-state index contributed by atoms with van der Waals surface area (Å²) in [5, 5.41) is 6.43. The molecule has 3 aromatic carbocycles. The number of carbonyl (C=O) groups is 2. The Morgan fingerprint density at radius 1 is 0.927 bits per heavy atom. The molecule has 5 rings (SSSR count). The normalized spacial score (nSPS) is 17.9. The lowest BCUT2D eigenvalue weighted by molar-refractivity contribution is -0.118. The van der Waals surface area contributed by atoms with Gasteiger partial charge in [-0.25, -0.2) is 0 Å². The standard InChI is InChI=1S/C34H36N2O5/c1-21-30(33(38)36-24-13-9-10-14-27(24)39-4)31(32-25(35-21)18-34(2,3)19-26(32)37)23-15-16-28(29(17-23)40-5)41-20-22-11-7-6-8-12-22/h6-17,31,35H,18-20H2,1-5H3,(H,36,38)/t31-/m1/s1. The summed E-state index contributed by atoms with van der Waals surface area (Å²) in [6.45, 7) is 6.46. The smallest absolute Gasteiger partial charge is 0.254 e. The largest absolute Gasteiger partial charge is 0.495 e. The molecule has 1 aliphatic heterocycles. The summed E-state index contributed by atoms with van der Waals surface area (Å²) in [7, 11) is 3.15. The van der Waals surface area contributed by atoms with Gasteiger partial charge in [0.2, 0.25) is 0 Å². The van der Waals surface area contributed by atoms with Crippen LogP contribution in [-0.4, -0.2) is 25.9 Å². The highest BCUT2D eigenvalue weighted by molar-refractivity contribution is 6.10. The fourth-order valence-electron chi connectivity index (χ4n) is 5.73. The molecule has 7 heteroatoms. The van der Waals surface area contributed by atoms with Crippen LogP contribution in [0.25, 0.3) is 0 Å². The van der Waals surface area contributed by atoms with E-state index in [1.807, 2.05) is 67.6 Å². The van der Waals surface area contributed by atoms with Crippen molar-refractivity contribution in [2.45, 2.75) is 46.1 Å². The Balaban J connectivity index is 1.55. The zero-order valence-corrected chi connectivity index (χ0v) is 24.2. The van der Waals surface area contributed by atoms with Gasteiger partial charge in [-0.2, -0.15) is 0 Å². The highest BCUT2D eigenvalue weighted by atomic mass is 16.5. The molecule has 212 valence electrons. The molecule has 1 heterocycles. The van der Waals surface area contributed by atoms with Crippen molar-refractivity contribution in [2.24, 2.45) is 5.41 Å². The molecule has 0 radical (unpaired) electrons. The quantitative estimate of drug-likeness (QED) is 0.331. The Morgan fingerprint density at radius 2 is 1.63 bits per heavy atom. The summed E-state index contributed by atoms with van der Waals surface area (Å²) in [4.78, 5) is 27.7. The lowest BCUT2D eigenvalue weighted by Gasteiger charge is -2.39. The monoisotopic (exact) mass is 552 g/mol. The molecule has 1 atom stereocenters. The maximum absolute atomic E-state index is 14.0. The molecule has 0 spiro atoms. The maximum Gasteiger partial charge on any atom is 0.254 e. The summed E-state index contributed by atoms with van der Waals surface area (Å²) in [5.41, 5.74) is 4.86. The number of ketones is 1. The van der Waals surface area contributed by atoms with E-state index in [-0.39, 0.29) is 17.1 Å². The van der Waals surface area contributed by atoms with Gasteiger partial charge >= 0.3 is 0 Å². The van der Waals surface area contributed by atoms with E-state index >= 15 is 0 Å². The van der Waals surface area contributed by atoms with Crippen molar-refractivity contribution in [1.29, 1.82) is 0 Å². The first-order valence-corrected chi connectivity index (χ1v) is 13.7. The lowest BCUT2D eigenvalue weighted by atomic mass is 9.68. The Morgan fingerprint density at radius 3 is 2.37 bits per heavy atom. The number of carbonyl (C=O) groups excluding carboxylic acids is 2. The average Bonchev–Trinajstić information content (AvgIpc) is 2.95. The van der Waals surface area contributed by atoms with Crippen LogP contribution in [0.5, 0.6) is 17.2 Å². The highest BCUT2D eigenvalue weighted by Gasteiger charge is 2.43. The zero-order chi connectivity index (χ0) is 29.1. The molecular formula is C34H36N2O5. The molecule has 41 heavy (non-hydrogen) atoms. The third-order valence-electron chi connectivity index (χ3n) is 7.60. The van der Waals surface area contributed by atoms with Crippen molar-refractivity contribution in [3.8, 4) is 17.2 Å². The minimum Gasteiger partial charge on any atom is -0.495 e. The average molecular weight is 553 g/mol. The number of nitrogens with one attached hydrogen (secondary N) is 2. The third-order valence-corrected chi connectivity index (χ3v) is 7.60. The van der Waals surface area contributed by atoms with E-state index in [9.17, 15) is 9.59 Å². The molecule has 7 nitrogen and oxygen atoms in total. The van der Waals surface area contributed by atoms with Gasteiger partial charge in [-0.15, -0.1) is 0 Å². The summed E-state index contributed by atoms with van der Waals surface area (Å²) >= 11 is 0. The van der Waals surface area contributed by atoms with Gasteiger partial charge in [0.25, 0.3) is 5.91 Å². The van der Waals surface area contributed by atoms with E-state index < -0.39 is 5.92 Å². The molecule has 0 bridgehead atoms. The van der Waals surface area contributed by atoms with Crippen LogP contribution in [0.4, 0.5) is 5.69 Å². The molecule has 0 saturated carbocycles. The van der Waals surface area contributed by atoms with Gasteiger partial charge in [0.15, 0.2) is 17.3 Å². The van der Waals surface area contributed by atoms with Crippen molar-refractivity contribution in [3.63, 3.8) is 0 Å². The first-order valence-electron chi connectivity index (χ1n) is 13.7. The molecule has 3 aromatic rings. The maximum atomic E-state index is 14.0. The van der Waals surface area contributed by atoms with Crippen molar-refractivity contribution < 1.29 is 23.8 Å². The Labute approximate surface area is 241 Å². The number of ether oxygens (including phenoxy) is 3. The van der Waals surface area contributed by atoms with E-state index in [4.69, 9.17) is 14.2 Å². The molecule has 0 unspecified atom stereocenters. The Bertz CT molecular complexity index is 1540. The van der Waals surface area contributed by atoms with Crippen LogP contribution >= 0.6 is 0 Å². The number of hydrogen-bond acceptors (Lipinski definition) is 6. The molecular weight excluding hydrogens is 516 g/mol. The van der Waals surface area contributed by atoms with E-state index in [2.05, 4.69) is 24.5 Å². The minimum atomic E-state index is -0.582. The summed E-state index contributed by atoms with van der Waals surface area (Å²) in [5.74, 6) is 0.812. The summed E-state index contributed by atoms with van der Waals surface area (Å²) in [6.07, 6.45) is 1.11. The predicted molar refractivity (Wildman–Crippen MR) is 159 cm³/mol. The van der Waals surface area contributed by atoms with Gasteiger partial charge in [0.05, 0.1) is 19.9 Å². The van der Waals surface area contributed by atoms with Gasteiger partial charge in [0, 0.05) is 34.9 Å². The van der Waals surface area contributed by atoms with Crippen LogP contribution in [0.2, 0.25) is 0 Å². The van der Waals surface area contributed by atoms with Crippen LogP contribution in [0.15, 0.2) is 95.3 Å². The second kappa shape index (κ2) is 11.5. The van der Waals surface area contributed by atoms with Crippen LogP contribution in [0.1, 0.15) is 50.7 Å². The number of para-hydroxylation sites is 2. The third kappa shape index (κ3) is 5.85. The first kappa shape index (κ1) is 28.0. The number of allylic oxidation sites excluding steroid dienone is 3. The number of dihydropyridines is 1. The van der Waals surface area contributed by atoms with Gasteiger partial charge in [-0.05, 0) is 54.2 Å². The second-order valence-electron chi connectivity index (χ2n) is 11.3. The predicted octanol–water partition coefficient (Wildman–Crippen LogP) is 6.53. The molecule has 2 aliphatic rings. The Kier molecular flexibility index (Phi) is 7.88. The number of amides is 1. The Hall–Kier alpha value is -4.52. The fourth-order valence-corrected chi connectivity index (χ4v) is 5.73. The van der Waals surface area contributed by atoms with Gasteiger partial charge in [-0.1, -0.05) is 62.4 Å². The fraction of sp³-hybridized carbons (Fsp3) is 0.294. The van der Waals surface area contributed by atoms with E-state index in [0.29, 0.717) is 59.2 Å². The van der Waals surface area contributed by atoms with Crippen molar-refractivity contribution in [3.05, 3.63) is 106 Å². The van der Waals surface area contributed by atoms with Crippen molar-refractivity contribution >= 4 is 17.4 Å². The number of hydrogen-bond donors (Lipinski definition) is 2. The second-order valence-corrected chi connectivity index (χ2v) is 11.3. The van der Waals surface area contributed by atoms with Gasteiger partial charge in [-0.3, -0.25) is 9.59 Å². The SMILES string of the molecule is COc1ccccc1NC(=O)C1=C(C)NC2=C(C(=O)CC(C)(C)C2)[C@@H]1c1ccc(OCc2ccccc2)c(OC)c1. The van der Waals surface area contributed by atoms with E-state index in [1.165, 1.54) is 0 Å². The minimum absolute atomic E-state index is 0.0345. The van der Waals surface area contributed by atoms with E-state index in [0.717, 1.165) is 16.8 Å². The number of rotatable bonds is 8. The summed E-state index contributed by atoms with van der Waals surface area (Å²) < 4.78 is 17.3. The first-order chi connectivity index (χ1) is 19.7. The van der Waals surface area contributed by atoms with Crippen LogP contribution in [0.3, 0.4) is 0 Å². The van der Waals surface area contributed by atoms with Crippen LogP contribution in [0, 0.1) is 5.41 Å². The molecule has 0 saturated heterocycles. The summed E-state index contributed by atoms with van der Waals surface area (Å²) in [6, 6.07) is 22.8. The topological polar surface area (TPSA) is 85.9 Å². The van der Waals surface area contributed by atoms with Crippen LogP contribution < -0.4 is 24.8 Å². The number of benzene rings is 3.